The Morgan fingerprint density at radius 1 is 1.03 bits per heavy atom. The van der Waals surface area contributed by atoms with Crippen LogP contribution in [-0.2, 0) is 17.6 Å². The Balaban J connectivity index is 1.07. The number of carbonyl (C=O) groups excluding carboxylic acids is 3. The highest BCUT2D eigenvalue weighted by Crippen LogP contribution is 2.26. The summed E-state index contributed by atoms with van der Waals surface area (Å²) in [6, 6.07) is 6.26. The van der Waals surface area contributed by atoms with Crippen LogP contribution in [0.1, 0.15) is 89.4 Å². The Morgan fingerprint density at radius 3 is 2.50 bits per heavy atom. The molecule has 0 spiro atoms. The quantitative estimate of drug-likeness (QED) is 0.514. The average molecular weight is 520 g/mol. The first-order valence-corrected chi connectivity index (χ1v) is 14.4. The second kappa shape index (κ2) is 11.7. The van der Waals surface area contributed by atoms with Crippen LogP contribution in [-0.4, -0.2) is 70.8 Å². The van der Waals surface area contributed by atoms with Crippen LogP contribution >= 0.6 is 0 Å². The Kier molecular flexibility index (Phi) is 8.17. The molecule has 0 saturated carbocycles. The van der Waals surface area contributed by atoms with Gasteiger partial charge in [-0.2, -0.15) is 0 Å². The first kappa shape index (κ1) is 26.5. The second-order valence-corrected chi connectivity index (χ2v) is 11.2. The lowest BCUT2D eigenvalue weighted by molar-refractivity contribution is -0.116. The highest BCUT2D eigenvalue weighted by atomic mass is 16.2. The first-order valence-electron chi connectivity index (χ1n) is 14.4. The van der Waals surface area contributed by atoms with Crippen molar-refractivity contribution in [1.82, 2.24) is 20.1 Å². The van der Waals surface area contributed by atoms with Crippen LogP contribution in [0.25, 0.3) is 0 Å². The number of hydrogen-bond donors (Lipinski definition) is 3. The van der Waals surface area contributed by atoms with Crippen molar-refractivity contribution in [3.05, 3.63) is 52.3 Å². The maximum Gasteiger partial charge on any atom is 0.268 e. The van der Waals surface area contributed by atoms with Crippen LogP contribution in [0, 0.1) is 6.92 Å². The van der Waals surface area contributed by atoms with E-state index in [0.29, 0.717) is 18.0 Å². The molecule has 1 aliphatic carbocycles. The van der Waals surface area contributed by atoms with E-state index in [0.717, 1.165) is 94.5 Å². The summed E-state index contributed by atoms with van der Waals surface area (Å²) in [7, 11) is 0. The van der Waals surface area contributed by atoms with Gasteiger partial charge < -0.3 is 25.4 Å². The molecule has 38 heavy (non-hydrogen) atoms. The Labute approximate surface area is 225 Å². The topological polar surface area (TPSA) is 97.5 Å². The molecule has 0 bridgehead atoms. The number of benzene rings is 1. The zero-order chi connectivity index (χ0) is 26.6. The highest BCUT2D eigenvalue weighted by Gasteiger charge is 2.31. The van der Waals surface area contributed by atoms with E-state index < -0.39 is 0 Å². The fraction of sp³-hybridized carbons (Fsp3) is 0.567. The van der Waals surface area contributed by atoms with Crippen molar-refractivity contribution in [3.63, 3.8) is 0 Å². The zero-order valence-corrected chi connectivity index (χ0v) is 22.8. The summed E-state index contributed by atoms with van der Waals surface area (Å²) in [5.41, 5.74) is 5.65. The summed E-state index contributed by atoms with van der Waals surface area (Å²) in [4.78, 5) is 45.6. The molecule has 204 valence electrons. The summed E-state index contributed by atoms with van der Waals surface area (Å²) >= 11 is 0. The Morgan fingerprint density at radius 2 is 1.79 bits per heavy atom. The molecule has 3 amide bonds. The molecule has 2 saturated heterocycles. The van der Waals surface area contributed by atoms with E-state index in [4.69, 9.17) is 0 Å². The number of carbonyl (C=O) groups is 3. The number of nitrogens with zero attached hydrogens (tertiary/aromatic N) is 2. The largest absolute Gasteiger partial charge is 0.357 e. The maximum atomic E-state index is 13.2. The normalized spacial score (nSPS) is 18.8. The summed E-state index contributed by atoms with van der Waals surface area (Å²) in [6.45, 7) is 7.39. The number of amides is 3. The third-order valence-electron chi connectivity index (χ3n) is 8.54. The van der Waals surface area contributed by atoms with Crippen molar-refractivity contribution in [3.8, 4) is 0 Å². The molecule has 2 fully saturated rings. The van der Waals surface area contributed by atoms with Crippen molar-refractivity contribution in [1.29, 1.82) is 0 Å². The van der Waals surface area contributed by atoms with Gasteiger partial charge in [0, 0.05) is 62.1 Å². The van der Waals surface area contributed by atoms with Crippen molar-refractivity contribution >= 4 is 23.4 Å². The molecule has 8 nitrogen and oxygen atoms in total. The van der Waals surface area contributed by atoms with E-state index >= 15 is 0 Å². The van der Waals surface area contributed by atoms with Crippen molar-refractivity contribution in [2.75, 3.05) is 31.5 Å². The van der Waals surface area contributed by atoms with Gasteiger partial charge in [0.15, 0.2) is 0 Å². The number of nitrogens with one attached hydrogen (secondary N) is 3. The van der Waals surface area contributed by atoms with Crippen LogP contribution in [0.2, 0.25) is 0 Å². The second-order valence-electron chi connectivity index (χ2n) is 11.2. The van der Waals surface area contributed by atoms with E-state index in [-0.39, 0.29) is 23.8 Å². The number of anilines is 1. The molecule has 2 aromatic rings. The molecule has 1 aromatic carbocycles. The molecular formula is C30H41N5O3. The van der Waals surface area contributed by atoms with Crippen LogP contribution in [0.15, 0.2) is 24.4 Å². The lowest BCUT2D eigenvalue weighted by Gasteiger charge is -2.42. The molecule has 1 aromatic heterocycles. The third-order valence-corrected chi connectivity index (χ3v) is 8.54. The van der Waals surface area contributed by atoms with Crippen molar-refractivity contribution < 1.29 is 14.4 Å². The highest BCUT2D eigenvalue weighted by molar-refractivity contribution is 5.97. The minimum Gasteiger partial charge on any atom is -0.357 e. The molecule has 3 aliphatic rings. The van der Waals surface area contributed by atoms with Gasteiger partial charge in [-0.05, 0) is 93.2 Å². The first-order chi connectivity index (χ1) is 18.4. The lowest BCUT2D eigenvalue weighted by Crippen LogP contribution is -2.51. The Bertz CT molecular complexity index is 1170. The van der Waals surface area contributed by atoms with Gasteiger partial charge in [-0.3, -0.25) is 14.4 Å². The minimum absolute atomic E-state index is 0.00633. The van der Waals surface area contributed by atoms with Crippen LogP contribution in [0.4, 0.5) is 5.69 Å². The van der Waals surface area contributed by atoms with Crippen molar-refractivity contribution in [2.24, 2.45) is 0 Å². The minimum atomic E-state index is 0.00633. The molecular weight excluding hydrogens is 478 g/mol. The number of aromatic amines is 1. The summed E-state index contributed by atoms with van der Waals surface area (Å²) < 4.78 is 0. The predicted molar refractivity (Wildman–Crippen MR) is 149 cm³/mol. The summed E-state index contributed by atoms with van der Waals surface area (Å²) in [5, 5.41) is 6.20. The third kappa shape index (κ3) is 5.80. The molecule has 0 unspecified atom stereocenters. The van der Waals surface area contributed by atoms with E-state index in [9.17, 15) is 14.4 Å². The van der Waals surface area contributed by atoms with Gasteiger partial charge in [-0.15, -0.1) is 0 Å². The number of rotatable bonds is 7. The van der Waals surface area contributed by atoms with Gasteiger partial charge >= 0.3 is 0 Å². The smallest absolute Gasteiger partial charge is 0.268 e. The maximum absolute atomic E-state index is 13.2. The number of aromatic nitrogens is 1. The van der Waals surface area contributed by atoms with Gasteiger partial charge in [0.1, 0.15) is 5.69 Å². The SMILES string of the molecule is CCCC(=O)Nc1ccc(C(=O)N2CCC(N3CCC(NC(=O)c4[nH]cc5c4CCC5)CC3)CC2)cc1C. The number of aryl methyl sites for hydroxylation is 2. The predicted octanol–water partition coefficient (Wildman–Crippen LogP) is 4.05. The molecule has 0 atom stereocenters. The summed E-state index contributed by atoms with van der Waals surface area (Å²) in [5.74, 6) is 0.118. The number of hydrogen-bond acceptors (Lipinski definition) is 4. The van der Waals surface area contributed by atoms with E-state index in [1.165, 1.54) is 11.1 Å². The molecule has 5 rings (SSSR count). The molecule has 3 heterocycles. The molecule has 2 aliphatic heterocycles. The molecule has 8 heteroatoms. The van der Waals surface area contributed by atoms with E-state index in [2.05, 4.69) is 20.5 Å². The monoisotopic (exact) mass is 519 g/mol. The van der Waals surface area contributed by atoms with Gasteiger partial charge in [0.2, 0.25) is 5.91 Å². The standard InChI is InChI=1S/C30H41N5O3/c1-3-5-27(36)33-26-9-8-21(18-20(26)2)30(38)35-16-12-24(13-17-35)34-14-10-23(11-15-34)32-29(37)28-25-7-4-6-22(25)19-31-28/h8-9,18-19,23-24,31H,3-7,10-17H2,1-2H3,(H,32,37)(H,33,36). The van der Waals surface area contributed by atoms with Gasteiger partial charge in [0.05, 0.1) is 0 Å². The van der Waals surface area contributed by atoms with Crippen LogP contribution in [0.3, 0.4) is 0 Å². The fourth-order valence-corrected chi connectivity index (χ4v) is 6.32. The fourth-order valence-electron chi connectivity index (χ4n) is 6.32. The summed E-state index contributed by atoms with van der Waals surface area (Å²) in [6.07, 6.45) is 10.4. The number of likely N-dealkylation sites (tertiary alicyclic amines) is 2. The van der Waals surface area contributed by atoms with Gasteiger partial charge in [-0.25, -0.2) is 0 Å². The number of piperidine rings is 2. The Hall–Kier alpha value is -3.13. The van der Waals surface area contributed by atoms with Gasteiger partial charge in [-0.1, -0.05) is 6.92 Å². The number of fused-ring (bicyclic) bond motifs is 1. The number of H-pyrrole nitrogens is 1. The zero-order valence-electron chi connectivity index (χ0n) is 22.8. The molecule has 0 radical (unpaired) electrons. The van der Waals surface area contributed by atoms with Gasteiger partial charge in [0.25, 0.3) is 11.8 Å². The lowest BCUT2D eigenvalue weighted by atomic mass is 9.97. The molecule has 3 N–H and O–H groups in total. The van der Waals surface area contributed by atoms with Crippen LogP contribution in [0.5, 0.6) is 0 Å². The van der Waals surface area contributed by atoms with E-state index in [1.54, 1.807) is 0 Å². The van der Waals surface area contributed by atoms with E-state index in [1.807, 2.05) is 43.1 Å². The van der Waals surface area contributed by atoms with Crippen LogP contribution < -0.4 is 10.6 Å². The van der Waals surface area contributed by atoms with Crippen molar-refractivity contribution in [2.45, 2.75) is 83.7 Å². The average Bonchev–Trinajstić information content (AvgIpc) is 3.55.